The van der Waals surface area contributed by atoms with Gasteiger partial charge in [0.15, 0.2) is 0 Å². The second kappa shape index (κ2) is 9.00. The van der Waals surface area contributed by atoms with Crippen molar-refractivity contribution in [1.29, 1.82) is 0 Å². The number of ether oxygens (including phenoxy) is 2. The lowest BCUT2D eigenvalue weighted by atomic mass is 10.2. The van der Waals surface area contributed by atoms with Crippen molar-refractivity contribution in [2.45, 2.75) is 39.0 Å². The zero-order chi connectivity index (χ0) is 21.2. The molecule has 2 heterocycles. The molecule has 0 aliphatic carbocycles. The predicted octanol–water partition coefficient (Wildman–Crippen LogP) is 6.51. The van der Waals surface area contributed by atoms with Crippen molar-refractivity contribution >= 4 is 42.3 Å². The molecule has 3 rings (SSSR count). The van der Waals surface area contributed by atoms with Crippen molar-refractivity contribution in [3.8, 4) is 5.88 Å². The van der Waals surface area contributed by atoms with E-state index in [1.54, 1.807) is 16.7 Å². The van der Waals surface area contributed by atoms with E-state index in [9.17, 15) is 8.78 Å². The van der Waals surface area contributed by atoms with E-state index >= 15 is 0 Å². The van der Waals surface area contributed by atoms with Crippen molar-refractivity contribution < 1.29 is 18.3 Å². The van der Waals surface area contributed by atoms with E-state index < -0.39 is 19.7 Å². The van der Waals surface area contributed by atoms with Crippen molar-refractivity contribution in [3.05, 3.63) is 57.7 Å². The lowest BCUT2D eigenvalue weighted by molar-refractivity contribution is 0.0904. The van der Waals surface area contributed by atoms with Crippen LogP contribution >= 0.6 is 23.2 Å². The number of rotatable bonds is 8. The summed E-state index contributed by atoms with van der Waals surface area (Å²) in [7, 11) is -1.18. The third-order valence-electron chi connectivity index (χ3n) is 4.39. The highest BCUT2D eigenvalue weighted by molar-refractivity contribution is 6.76. The van der Waals surface area contributed by atoms with E-state index in [0.29, 0.717) is 22.8 Å². The molecule has 0 N–H and O–H groups in total. The molecule has 1 aromatic carbocycles. The first kappa shape index (κ1) is 22.0. The fraction of sp³-hybridized carbons (Fsp3) is 0.350. The SMILES string of the molecule is C[Si](C)(C)CCOCn1c(Cl)cc2nc(OCc3c(F)cccc3F)c(Cl)cc21. The molecule has 0 radical (unpaired) electrons. The van der Waals surface area contributed by atoms with Crippen LogP contribution in [0, 0.1) is 11.6 Å². The van der Waals surface area contributed by atoms with E-state index in [2.05, 4.69) is 24.6 Å². The largest absolute Gasteiger partial charge is 0.471 e. The number of pyridine rings is 1. The van der Waals surface area contributed by atoms with Crippen molar-refractivity contribution in [2.24, 2.45) is 0 Å². The van der Waals surface area contributed by atoms with Gasteiger partial charge in [-0.05, 0) is 24.2 Å². The molecule has 0 spiro atoms. The summed E-state index contributed by atoms with van der Waals surface area (Å²) in [5.41, 5.74) is 1.06. The van der Waals surface area contributed by atoms with Crippen LogP contribution in [0.2, 0.25) is 35.9 Å². The molecule has 0 amide bonds. The van der Waals surface area contributed by atoms with Gasteiger partial charge in [-0.15, -0.1) is 0 Å². The van der Waals surface area contributed by atoms with Crippen molar-refractivity contribution in [1.82, 2.24) is 9.55 Å². The number of benzene rings is 1. The van der Waals surface area contributed by atoms with Crippen LogP contribution in [0.15, 0.2) is 30.3 Å². The van der Waals surface area contributed by atoms with Gasteiger partial charge >= 0.3 is 0 Å². The first-order chi connectivity index (χ1) is 13.7. The molecule has 0 atom stereocenters. The lowest BCUT2D eigenvalue weighted by Gasteiger charge is -2.16. The molecule has 0 aliphatic rings. The molecular weight excluding hydrogens is 437 g/mol. The number of hydrogen-bond donors (Lipinski definition) is 0. The molecule has 0 aliphatic heterocycles. The third kappa shape index (κ3) is 5.48. The molecule has 9 heteroatoms. The number of halogens is 4. The van der Waals surface area contributed by atoms with Gasteiger partial charge in [-0.3, -0.25) is 0 Å². The van der Waals surface area contributed by atoms with Gasteiger partial charge < -0.3 is 14.0 Å². The Labute approximate surface area is 179 Å². The Hall–Kier alpha value is -1.67. The van der Waals surface area contributed by atoms with Gasteiger partial charge in [0.2, 0.25) is 5.88 Å². The van der Waals surface area contributed by atoms with Crippen LogP contribution < -0.4 is 4.74 Å². The number of fused-ring (bicyclic) bond motifs is 1. The van der Waals surface area contributed by atoms with Gasteiger partial charge in [0.05, 0.1) is 16.6 Å². The van der Waals surface area contributed by atoms with E-state index in [4.69, 9.17) is 32.7 Å². The monoisotopic (exact) mass is 458 g/mol. The maximum Gasteiger partial charge on any atom is 0.233 e. The Kier molecular flexibility index (Phi) is 6.83. The van der Waals surface area contributed by atoms with E-state index in [0.717, 1.165) is 6.04 Å². The Morgan fingerprint density at radius 1 is 1.10 bits per heavy atom. The van der Waals surface area contributed by atoms with Crippen LogP contribution in [0.5, 0.6) is 5.88 Å². The average molecular weight is 459 g/mol. The minimum absolute atomic E-state index is 0.0790. The highest BCUT2D eigenvalue weighted by Gasteiger charge is 2.16. The van der Waals surface area contributed by atoms with Gasteiger partial charge in [-0.1, -0.05) is 48.9 Å². The molecule has 0 bridgehead atoms. The minimum atomic E-state index is -1.18. The topological polar surface area (TPSA) is 36.3 Å². The van der Waals surface area contributed by atoms with Gasteiger partial charge in [0, 0.05) is 20.7 Å². The molecule has 0 saturated carbocycles. The van der Waals surface area contributed by atoms with Gasteiger partial charge in [-0.2, -0.15) is 0 Å². The Morgan fingerprint density at radius 2 is 1.79 bits per heavy atom. The van der Waals surface area contributed by atoms with Gasteiger partial charge in [0.1, 0.15) is 35.1 Å². The lowest BCUT2D eigenvalue weighted by Crippen LogP contribution is -2.22. The molecule has 29 heavy (non-hydrogen) atoms. The first-order valence-electron chi connectivity index (χ1n) is 9.14. The zero-order valence-electron chi connectivity index (χ0n) is 16.4. The highest BCUT2D eigenvalue weighted by atomic mass is 35.5. The van der Waals surface area contributed by atoms with E-state index in [1.807, 2.05) is 0 Å². The smallest absolute Gasteiger partial charge is 0.233 e. The van der Waals surface area contributed by atoms with Crippen LogP contribution in [-0.2, 0) is 18.1 Å². The fourth-order valence-electron chi connectivity index (χ4n) is 2.68. The highest BCUT2D eigenvalue weighted by Crippen LogP contribution is 2.31. The molecule has 4 nitrogen and oxygen atoms in total. The predicted molar refractivity (Wildman–Crippen MR) is 115 cm³/mol. The summed E-state index contributed by atoms with van der Waals surface area (Å²) in [6.07, 6.45) is 0. The molecule has 0 saturated heterocycles. The summed E-state index contributed by atoms with van der Waals surface area (Å²) in [4.78, 5) is 4.35. The number of aromatic nitrogens is 2. The van der Waals surface area contributed by atoms with Crippen LogP contribution in [0.1, 0.15) is 5.56 Å². The van der Waals surface area contributed by atoms with Crippen LogP contribution in [-0.4, -0.2) is 24.2 Å². The second-order valence-corrected chi connectivity index (χ2v) is 14.3. The summed E-state index contributed by atoms with van der Waals surface area (Å²) in [6.45, 7) is 7.46. The Morgan fingerprint density at radius 3 is 2.45 bits per heavy atom. The molecular formula is C20H22Cl2F2N2O2Si. The van der Waals surface area contributed by atoms with E-state index in [1.165, 1.54) is 18.2 Å². The number of nitrogens with zero attached hydrogens (tertiary/aromatic N) is 2. The number of hydrogen-bond acceptors (Lipinski definition) is 3. The Balaban J connectivity index is 1.76. The summed E-state index contributed by atoms with van der Waals surface area (Å²) in [5, 5.41) is 0.668. The molecule has 3 aromatic rings. The van der Waals surface area contributed by atoms with Crippen molar-refractivity contribution in [2.75, 3.05) is 6.61 Å². The maximum absolute atomic E-state index is 13.8. The summed E-state index contributed by atoms with van der Waals surface area (Å²) < 4.78 is 40.6. The third-order valence-corrected chi connectivity index (χ3v) is 6.68. The molecule has 0 unspecified atom stereocenters. The molecule has 0 fully saturated rings. The van der Waals surface area contributed by atoms with E-state index in [-0.39, 0.29) is 29.8 Å². The van der Waals surface area contributed by atoms with Crippen LogP contribution in [0.3, 0.4) is 0 Å². The standard InChI is InChI=1S/C20H22Cl2F2N2O2Si/c1-29(2,3)8-7-27-12-26-18-9-14(21)20(25-17(18)10-19(26)22)28-11-13-15(23)5-4-6-16(13)24/h4-6,9-10H,7-8,11-12H2,1-3H3. The summed E-state index contributed by atoms with van der Waals surface area (Å²) in [5.74, 6) is -1.30. The molecule has 2 aromatic heterocycles. The fourth-order valence-corrected chi connectivity index (χ4v) is 3.88. The normalized spacial score (nSPS) is 12.0. The zero-order valence-corrected chi connectivity index (χ0v) is 18.9. The summed E-state index contributed by atoms with van der Waals surface area (Å²) >= 11 is 12.6. The van der Waals surface area contributed by atoms with Gasteiger partial charge in [-0.25, -0.2) is 13.8 Å². The quantitative estimate of drug-likeness (QED) is 0.285. The van der Waals surface area contributed by atoms with Crippen LogP contribution in [0.25, 0.3) is 11.0 Å². The minimum Gasteiger partial charge on any atom is -0.471 e. The molecule has 156 valence electrons. The maximum atomic E-state index is 13.8. The second-order valence-electron chi connectivity index (χ2n) is 7.91. The first-order valence-corrected chi connectivity index (χ1v) is 13.6. The summed E-state index contributed by atoms with van der Waals surface area (Å²) in [6, 6.07) is 8.01. The van der Waals surface area contributed by atoms with Gasteiger partial charge in [0.25, 0.3) is 0 Å². The Bertz CT molecular complexity index is 1000. The van der Waals surface area contributed by atoms with Crippen LogP contribution in [0.4, 0.5) is 8.78 Å². The van der Waals surface area contributed by atoms with Crippen molar-refractivity contribution in [3.63, 3.8) is 0 Å². The average Bonchev–Trinajstić information content (AvgIpc) is 2.92.